The summed E-state index contributed by atoms with van der Waals surface area (Å²) in [6.07, 6.45) is 4.58. The molecule has 2 aromatic carbocycles. The van der Waals surface area contributed by atoms with Crippen molar-refractivity contribution in [3.8, 4) is 0 Å². The number of nitrogens with one attached hydrogen (secondary N) is 1. The molecule has 0 fully saturated rings. The highest BCUT2D eigenvalue weighted by atomic mass is 16.4. The van der Waals surface area contributed by atoms with Gasteiger partial charge in [0.05, 0.1) is 11.7 Å². The van der Waals surface area contributed by atoms with Gasteiger partial charge in [-0.1, -0.05) is 61.4 Å². The lowest BCUT2D eigenvalue weighted by molar-refractivity contribution is 0.0695. The van der Waals surface area contributed by atoms with Crippen molar-refractivity contribution in [2.75, 3.05) is 13.1 Å². The first-order valence-corrected chi connectivity index (χ1v) is 8.93. The van der Waals surface area contributed by atoms with Gasteiger partial charge in [-0.05, 0) is 43.0 Å². The normalized spacial score (nSPS) is 12.0. The van der Waals surface area contributed by atoms with Crippen molar-refractivity contribution in [2.45, 2.75) is 38.2 Å². The largest absolute Gasteiger partial charge is 0.478 e. The van der Waals surface area contributed by atoms with E-state index in [9.17, 15) is 9.90 Å². The van der Waals surface area contributed by atoms with Crippen molar-refractivity contribution in [3.63, 3.8) is 0 Å². The number of hydrogen-bond acceptors (Lipinski definition) is 3. The first-order chi connectivity index (χ1) is 12.2. The predicted octanol–water partition coefficient (Wildman–Crippen LogP) is 3.81. The summed E-state index contributed by atoms with van der Waals surface area (Å²) >= 11 is 0. The Hall–Kier alpha value is -2.17. The van der Waals surface area contributed by atoms with E-state index in [-0.39, 0.29) is 0 Å². The fraction of sp³-hybridized carbons (Fsp3) is 0.381. The third-order valence-electron chi connectivity index (χ3n) is 4.32. The molecule has 0 radical (unpaired) electrons. The quantitative estimate of drug-likeness (QED) is 0.544. The Morgan fingerprint density at radius 2 is 1.60 bits per heavy atom. The molecule has 3 N–H and O–H groups in total. The number of aryl methyl sites for hydroxylation is 1. The number of carboxylic acids is 1. The van der Waals surface area contributed by atoms with Crippen LogP contribution in [0, 0.1) is 0 Å². The Kier molecular flexibility index (Phi) is 8.16. The van der Waals surface area contributed by atoms with E-state index in [0.29, 0.717) is 12.1 Å². The third kappa shape index (κ3) is 6.69. The lowest BCUT2D eigenvalue weighted by atomic mass is 10.0. The van der Waals surface area contributed by atoms with Crippen LogP contribution in [-0.4, -0.2) is 29.3 Å². The highest BCUT2D eigenvalue weighted by molar-refractivity contribution is 5.89. The second-order valence-electron chi connectivity index (χ2n) is 6.26. The lowest BCUT2D eigenvalue weighted by Crippen LogP contribution is -2.22. The molecule has 1 unspecified atom stereocenters. The summed E-state index contributed by atoms with van der Waals surface area (Å²) in [5.41, 5.74) is 2.27. The summed E-state index contributed by atoms with van der Waals surface area (Å²) < 4.78 is 0. The Labute approximate surface area is 149 Å². The summed E-state index contributed by atoms with van der Waals surface area (Å²) in [4.78, 5) is 11.2. The Morgan fingerprint density at radius 1 is 0.920 bits per heavy atom. The Balaban J connectivity index is 1.55. The smallest absolute Gasteiger partial charge is 0.335 e. The van der Waals surface area contributed by atoms with Crippen LogP contribution >= 0.6 is 0 Å². The SMILES string of the molecule is O=C(O)c1ccccc1CCCCCCNCC(O)c1ccccc1. The maximum Gasteiger partial charge on any atom is 0.335 e. The van der Waals surface area contributed by atoms with Crippen molar-refractivity contribution in [1.29, 1.82) is 0 Å². The number of benzene rings is 2. The van der Waals surface area contributed by atoms with Crippen molar-refractivity contribution in [2.24, 2.45) is 0 Å². The van der Waals surface area contributed by atoms with Crippen LogP contribution in [-0.2, 0) is 6.42 Å². The molecule has 4 nitrogen and oxygen atoms in total. The van der Waals surface area contributed by atoms with Crippen molar-refractivity contribution in [3.05, 3.63) is 71.3 Å². The van der Waals surface area contributed by atoms with Gasteiger partial charge in [0, 0.05) is 6.54 Å². The van der Waals surface area contributed by atoms with E-state index in [4.69, 9.17) is 5.11 Å². The maximum absolute atomic E-state index is 11.2. The van der Waals surface area contributed by atoms with E-state index < -0.39 is 12.1 Å². The van der Waals surface area contributed by atoms with Crippen LogP contribution in [0.25, 0.3) is 0 Å². The molecule has 0 heterocycles. The Morgan fingerprint density at radius 3 is 2.36 bits per heavy atom. The monoisotopic (exact) mass is 341 g/mol. The van der Waals surface area contributed by atoms with E-state index in [1.807, 2.05) is 42.5 Å². The first-order valence-electron chi connectivity index (χ1n) is 8.93. The van der Waals surface area contributed by atoms with Gasteiger partial charge in [0.25, 0.3) is 0 Å². The Bertz CT molecular complexity index is 643. The molecule has 0 spiro atoms. The van der Waals surface area contributed by atoms with Crippen LogP contribution in [0.2, 0.25) is 0 Å². The summed E-state index contributed by atoms with van der Waals surface area (Å²) in [5, 5.41) is 22.5. The van der Waals surface area contributed by atoms with Gasteiger partial charge in [0.2, 0.25) is 0 Å². The van der Waals surface area contributed by atoms with E-state index >= 15 is 0 Å². The van der Waals surface area contributed by atoms with E-state index in [2.05, 4.69) is 5.32 Å². The zero-order valence-electron chi connectivity index (χ0n) is 14.5. The highest BCUT2D eigenvalue weighted by Gasteiger charge is 2.08. The lowest BCUT2D eigenvalue weighted by Gasteiger charge is -2.12. The van der Waals surface area contributed by atoms with Crippen LogP contribution in [0.4, 0.5) is 0 Å². The molecule has 1 atom stereocenters. The minimum Gasteiger partial charge on any atom is -0.478 e. The molecule has 4 heteroatoms. The number of carbonyl (C=O) groups is 1. The number of rotatable bonds is 11. The molecular weight excluding hydrogens is 314 g/mol. The molecule has 0 amide bonds. The van der Waals surface area contributed by atoms with Gasteiger partial charge in [-0.25, -0.2) is 4.79 Å². The molecule has 0 saturated heterocycles. The molecule has 0 saturated carbocycles. The van der Waals surface area contributed by atoms with Crippen LogP contribution in [0.3, 0.4) is 0 Å². The highest BCUT2D eigenvalue weighted by Crippen LogP contribution is 2.14. The average molecular weight is 341 g/mol. The average Bonchev–Trinajstić information content (AvgIpc) is 2.64. The third-order valence-corrected chi connectivity index (χ3v) is 4.32. The number of aromatic carboxylic acids is 1. The zero-order valence-corrected chi connectivity index (χ0v) is 14.5. The number of carboxylic acid groups (broad SMARTS) is 1. The number of aliphatic hydroxyl groups is 1. The van der Waals surface area contributed by atoms with Crippen molar-refractivity contribution in [1.82, 2.24) is 5.32 Å². The van der Waals surface area contributed by atoms with E-state index in [1.165, 1.54) is 0 Å². The molecule has 0 aliphatic rings. The van der Waals surface area contributed by atoms with Crippen molar-refractivity contribution < 1.29 is 15.0 Å². The molecule has 2 rings (SSSR count). The minimum atomic E-state index is -0.850. The fourth-order valence-corrected chi connectivity index (χ4v) is 2.90. The van der Waals surface area contributed by atoms with E-state index in [1.54, 1.807) is 12.1 Å². The predicted molar refractivity (Wildman–Crippen MR) is 99.8 cm³/mol. The van der Waals surface area contributed by atoms with Crippen LogP contribution in [0.15, 0.2) is 54.6 Å². The van der Waals surface area contributed by atoms with Crippen LogP contribution < -0.4 is 5.32 Å². The molecule has 134 valence electrons. The topological polar surface area (TPSA) is 69.6 Å². The van der Waals surface area contributed by atoms with Gasteiger partial charge < -0.3 is 15.5 Å². The van der Waals surface area contributed by atoms with Crippen LogP contribution in [0.5, 0.6) is 0 Å². The summed E-state index contributed by atoms with van der Waals surface area (Å²) in [5.74, 6) is -0.850. The summed E-state index contributed by atoms with van der Waals surface area (Å²) in [6.45, 7) is 1.45. The molecule has 0 bridgehead atoms. The van der Waals surface area contributed by atoms with Gasteiger partial charge in [-0.2, -0.15) is 0 Å². The number of hydrogen-bond donors (Lipinski definition) is 3. The van der Waals surface area contributed by atoms with Gasteiger partial charge >= 0.3 is 5.97 Å². The standard InChI is InChI=1S/C21H27NO3/c23-20(18-12-5-3-6-13-18)16-22-15-9-2-1-4-10-17-11-7-8-14-19(17)21(24)25/h3,5-8,11-14,20,22-23H,1-2,4,9-10,15-16H2,(H,24,25). The maximum atomic E-state index is 11.2. The second-order valence-corrected chi connectivity index (χ2v) is 6.26. The number of unbranched alkanes of at least 4 members (excludes halogenated alkanes) is 3. The second kappa shape index (κ2) is 10.6. The van der Waals surface area contributed by atoms with Gasteiger partial charge in [0.15, 0.2) is 0 Å². The van der Waals surface area contributed by atoms with E-state index in [0.717, 1.165) is 49.8 Å². The van der Waals surface area contributed by atoms with Gasteiger partial charge in [0.1, 0.15) is 0 Å². The summed E-state index contributed by atoms with van der Waals surface area (Å²) in [6, 6.07) is 16.9. The minimum absolute atomic E-state index is 0.416. The molecule has 25 heavy (non-hydrogen) atoms. The molecule has 0 aromatic heterocycles. The van der Waals surface area contributed by atoms with Crippen molar-refractivity contribution >= 4 is 5.97 Å². The molecule has 0 aliphatic heterocycles. The molecular formula is C21H27NO3. The molecule has 2 aromatic rings. The fourth-order valence-electron chi connectivity index (χ4n) is 2.90. The molecule has 0 aliphatic carbocycles. The van der Waals surface area contributed by atoms with Gasteiger partial charge in [-0.15, -0.1) is 0 Å². The van der Waals surface area contributed by atoms with Crippen LogP contribution in [0.1, 0.15) is 53.3 Å². The summed E-state index contributed by atoms with van der Waals surface area (Å²) in [7, 11) is 0. The first kappa shape index (κ1) is 19.2. The number of aliphatic hydroxyl groups excluding tert-OH is 1. The zero-order chi connectivity index (χ0) is 17.9. The van der Waals surface area contributed by atoms with Gasteiger partial charge in [-0.3, -0.25) is 0 Å².